The zero-order valence-corrected chi connectivity index (χ0v) is 25.6. The second kappa shape index (κ2) is 26.4. The van der Waals surface area contributed by atoms with Gasteiger partial charge in [0.2, 0.25) is 0 Å². The molecule has 1 aromatic rings. The lowest BCUT2D eigenvalue weighted by atomic mass is 10.0. The van der Waals surface area contributed by atoms with Crippen LogP contribution in [-0.4, -0.2) is 25.2 Å². The number of rotatable bonds is 27. The first kappa shape index (κ1) is 35.2. The van der Waals surface area contributed by atoms with Crippen LogP contribution in [0.5, 0.6) is 0 Å². The van der Waals surface area contributed by atoms with Gasteiger partial charge in [0.1, 0.15) is 0 Å². The van der Waals surface area contributed by atoms with Gasteiger partial charge in [0.15, 0.2) is 0 Å². The van der Waals surface area contributed by atoms with Crippen LogP contribution in [0.15, 0.2) is 24.3 Å². The highest BCUT2D eigenvalue weighted by atomic mass is 16.5. The average molecular weight is 545 g/mol. The molecule has 4 nitrogen and oxygen atoms in total. The Kier molecular flexibility index (Phi) is 23.8. The summed E-state index contributed by atoms with van der Waals surface area (Å²) >= 11 is 0. The minimum atomic E-state index is -0.434. The number of ether oxygens (including phenoxy) is 2. The van der Waals surface area contributed by atoms with Gasteiger partial charge >= 0.3 is 11.9 Å². The number of benzene rings is 1. The van der Waals surface area contributed by atoms with E-state index in [0.29, 0.717) is 24.3 Å². The van der Waals surface area contributed by atoms with Crippen molar-refractivity contribution < 1.29 is 19.1 Å². The monoisotopic (exact) mass is 544 g/mol. The number of hydrogen-bond donors (Lipinski definition) is 0. The van der Waals surface area contributed by atoms with Crippen LogP contribution in [0, 0.1) is 0 Å². The van der Waals surface area contributed by atoms with Gasteiger partial charge in [-0.05, 0) is 25.0 Å². The van der Waals surface area contributed by atoms with Crippen molar-refractivity contribution in [2.24, 2.45) is 0 Å². The van der Waals surface area contributed by atoms with Gasteiger partial charge in [-0.2, -0.15) is 0 Å². The molecular formula is C35H60O4. The summed E-state index contributed by atoms with van der Waals surface area (Å²) in [6.45, 7) is 5.29. The minimum absolute atomic E-state index is 0.303. The molecule has 1 rings (SSSR count). The predicted octanol–water partition coefficient (Wildman–Crippen LogP) is 11.0. The Bertz CT molecular complexity index is 714. The van der Waals surface area contributed by atoms with Crippen molar-refractivity contribution in [1.82, 2.24) is 0 Å². The molecule has 0 aromatic heterocycles. The fraction of sp³-hybridized carbons (Fsp3) is 0.771. The Hall–Kier alpha value is -1.84. The quantitative estimate of drug-likeness (QED) is 0.0816. The van der Waals surface area contributed by atoms with Crippen LogP contribution < -0.4 is 0 Å². The van der Waals surface area contributed by atoms with E-state index in [1.807, 2.05) is 0 Å². The topological polar surface area (TPSA) is 52.6 Å². The Balaban J connectivity index is 2.05. The summed E-state index contributed by atoms with van der Waals surface area (Å²) in [4.78, 5) is 25.1. The van der Waals surface area contributed by atoms with Gasteiger partial charge in [-0.25, -0.2) is 9.59 Å². The number of hydrogen-bond acceptors (Lipinski definition) is 4. The maximum absolute atomic E-state index is 12.6. The highest BCUT2D eigenvalue weighted by Gasteiger charge is 2.18. The van der Waals surface area contributed by atoms with E-state index >= 15 is 0 Å². The molecule has 0 unspecified atom stereocenters. The zero-order valence-electron chi connectivity index (χ0n) is 25.6. The molecule has 1 aromatic carbocycles. The van der Waals surface area contributed by atoms with Crippen molar-refractivity contribution in [2.45, 2.75) is 162 Å². The van der Waals surface area contributed by atoms with E-state index < -0.39 is 11.9 Å². The smallest absolute Gasteiger partial charge is 0.339 e. The van der Waals surface area contributed by atoms with Gasteiger partial charge in [-0.3, -0.25) is 0 Å². The van der Waals surface area contributed by atoms with Crippen molar-refractivity contribution in [1.29, 1.82) is 0 Å². The second-order valence-electron chi connectivity index (χ2n) is 11.2. The summed E-state index contributed by atoms with van der Waals surface area (Å²) in [6.07, 6.45) is 29.2. The summed E-state index contributed by atoms with van der Waals surface area (Å²) in [5.41, 5.74) is 0.607. The normalized spacial score (nSPS) is 11.0. The van der Waals surface area contributed by atoms with E-state index in [2.05, 4.69) is 13.8 Å². The van der Waals surface area contributed by atoms with Crippen molar-refractivity contribution in [3.8, 4) is 0 Å². The predicted molar refractivity (Wildman–Crippen MR) is 165 cm³/mol. The first-order valence-corrected chi connectivity index (χ1v) is 16.6. The van der Waals surface area contributed by atoms with Crippen LogP contribution in [0.25, 0.3) is 0 Å². The molecule has 0 saturated carbocycles. The average Bonchev–Trinajstić information content (AvgIpc) is 2.95. The van der Waals surface area contributed by atoms with Crippen molar-refractivity contribution in [3.63, 3.8) is 0 Å². The first-order chi connectivity index (χ1) is 19.2. The summed E-state index contributed by atoms with van der Waals surface area (Å²) in [5, 5.41) is 0. The molecule has 4 heteroatoms. The maximum Gasteiger partial charge on any atom is 0.339 e. The molecule has 0 aliphatic rings. The molecule has 0 atom stereocenters. The molecule has 0 amide bonds. The Morgan fingerprint density at radius 1 is 0.436 bits per heavy atom. The lowest BCUT2D eigenvalue weighted by molar-refractivity contribution is 0.0450. The van der Waals surface area contributed by atoms with Gasteiger partial charge in [-0.15, -0.1) is 0 Å². The van der Waals surface area contributed by atoms with Crippen molar-refractivity contribution >= 4 is 11.9 Å². The molecule has 224 valence electrons. The fourth-order valence-electron chi connectivity index (χ4n) is 5.03. The molecule has 0 spiro atoms. The van der Waals surface area contributed by atoms with Crippen molar-refractivity contribution in [3.05, 3.63) is 35.4 Å². The third-order valence-electron chi connectivity index (χ3n) is 7.58. The van der Waals surface area contributed by atoms with E-state index in [4.69, 9.17) is 9.47 Å². The zero-order chi connectivity index (χ0) is 28.2. The van der Waals surface area contributed by atoms with Gasteiger partial charge in [0.05, 0.1) is 24.3 Å². The molecule has 0 saturated heterocycles. The van der Waals surface area contributed by atoms with Gasteiger partial charge in [0, 0.05) is 0 Å². The largest absolute Gasteiger partial charge is 0.462 e. The van der Waals surface area contributed by atoms with Crippen LogP contribution in [-0.2, 0) is 9.47 Å². The van der Waals surface area contributed by atoms with Crippen LogP contribution in [0.4, 0.5) is 0 Å². The lowest BCUT2D eigenvalue weighted by Crippen LogP contribution is -2.15. The maximum atomic E-state index is 12.6. The van der Waals surface area contributed by atoms with Gasteiger partial charge in [0.25, 0.3) is 0 Å². The lowest BCUT2D eigenvalue weighted by Gasteiger charge is -2.10. The SMILES string of the molecule is CCCCCCCCCCCCCCCCCCOC(=O)c1ccccc1C(=O)OCCCCCCCCC. The Labute approximate surface area is 241 Å². The van der Waals surface area contributed by atoms with E-state index in [9.17, 15) is 9.59 Å². The fourth-order valence-corrected chi connectivity index (χ4v) is 5.03. The highest BCUT2D eigenvalue weighted by Crippen LogP contribution is 2.15. The van der Waals surface area contributed by atoms with Crippen LogP contribution in [0.3, 0.4) is 0 Å². The molecule has 0 bridgehead atoms. The van der Waals surface area contributed by atoms with E-state index in [1.54, 1.807) is 24.3 Å². The molecule has 0 heterocycles. The van der Waals surface area contributed by atoms with Crippen LogP contribution >= 0.6 is 0 Å². The number of unbranched alkanes of at least 4 members (excludes halogenated alkanes) is 21. The molecule has 0 N–H and O–H groups in total. The van der Waals surface area contributed by atoms with E-state index in [-0.39, 0.29) is 0 Å². The second-order valence-corrected chi connectivity index (χ2v) is 11.2. The Morgan fingerprint density at radius 2 is 0.692 bits per heavy atom. The molecule has 0 aliphatic heterocycles. The standard InChI is InChI=1S/C35H60O4/c1-3-5-7-9-11-12-13-14-15-16-17-18-19-21-23-27-31-39-35(37)33-29-25-24-28-32(33)34(36)38-30-26-22-20-10-8-6-4-2/h24-25,28-29H,3-23,26-27,30-31H2,1-2H3. The van der Waals surface area contributed by atoms with E-state index in [1.165, 1.54) is 122 Å². The van der Waals surface area contributed by atoms with E-state index in [0.717, 1.165) is 25.7 Å². The first-order valence-electron chi connectivity index (χ1n) is 16.6. The van der Waals surface area contributed by atoms with Crippen LogP contribution in [0.2, 0.25) is 0 Å². The third kappa shape index (κ3) is 19.8. The molecule has 39 heavy (non-hydrogen) atoms. The molecule has 0 fully saturated rings. The van der Waals surface area contributed by atoms with Gasteiger partial charge in [-0.1, -0.05) is 161 Å². The summed E-state index contributed by atoms with van der Waals surface area (Å²) in [6, 6.07) is 6.83. The highest BCUT2D eigenvalue weighted by molar-refractivity contribution is 6.03. The summed E-state index contributed by atoms with van der Waals surface area (Å²) in [5.74, 6) is -0.865. The Morgan fingerprint density at radius 3 is 0.974 bits per heavy atom. The summed E-state index contributed by atoms with van der Waals surface area (Å²) in [7, 11) is 0. The minimum Gasteiger partial charge on any atom is -0.462 e. The number of carbonyl (C=O) groups is 2. The molecular weight excluding hydrogens is 484 g/mol. The third-order valence-corrected chi connectivity index (χ3v) is 7.58. The van der Waals surface area contributed by atoms with Crippen LogP contribution in [0.1, 0.15) is 182 Å². The molecule has 0 aliphatic carbocycles. The molecule has 0 radical (unpaired) electrons. The van der Waals surface area contributed by atoms with Crippen molar-refractivity contribution in [2.75, 3.05) is 13.2 Å². The number of carbonyl (C=O) groups excluding carboxylic acids is 2. The number of esters is 2. The van der Waals surface area contributed by atoms with Gasteiger partial charge < -0.3 is 9.47 Å². The summed E-state index contributed by atoms with van der Waals surface area (Å²) < 4.78 is 10.9.